The Morgan fingerprint density at radius 2 is 0.940 bits per heavy atom. The normalized spacial score (nSPS) is 11.6. The van der Waals surface area contributed by atoms with E-state index in [9.17, 15) is 0 Å². The van der Waals surface area contributed by atoms with Crippen LogP contribution in [0.5, 0.6) is 0 Å². The Balaban J connectivity index is 1.25. The second kappa shape index (κ2) is 11.4. The van der Waals surface area contributed by atoms with Crippen molar-refractivity contribution in [3.05, 3.63) is 170 Å². The van der Waals surface area contributed by atoms with Gasteiger partial charge in [-0.3, -0.25) is 0 Å². The van der Waals surface area contributed by atoms with Crippen LogP contribution in [0.15, 0.2) is 174 Å². The zero-order chi connectivity index (χ0) is 33.0. The van der Waals surface area contributed by atoms with Crippen LogP contribution in [0.4, 0.5) is 0 Å². The highest BCUT2D eigenvalue weighted by molar-refractivity contribution is 6.27. The summed E-state index contributed by atoms with van der Waals surface area (Å²) in [4.78, 5) is 15.0. The number of furan rings is 1. The van der Waals surface area contributed by atoms with Crippen LogP contribution in [0.2, 0.25) is 0 Å². The lowest BCUT2D eigenvalue weighted by Crippen LogP contribution is -2.02. The van der Waals surface area contributed by atoms with Crippen molar-refractivity contribution in [1.82, 2.24) is 19.5 Å². The second-order valence-electron chi connectivity index (χ2n) is 12.4. The molecule has 0 amide bonds. The van der Waals surface area contributed by atoms with Gasteiger partial charge in [-0.25, -0.2) is 15.0 Å². The van der Waals surface area contributed by atoms with Gasteiger partial charge in [-0.15, -0.1) is 0 Å². The summed E-state index contributed by atoms with van der Waals surface area (Å²) in [6.07, 6.45) is 0. The molecule has 3 aromatic heterocycles. The molecule has 0 unspecified atom stereocenters. The van der Waals surface area contributed by atoms with E-state index in [-0.39, 0.29) is 0 Å². The van der Waals surface area contributed by atoms with E-state index in [1.165, 1.54) is 10.8 Å². The fourth-order valence-electron chi connectivity index (χ4n) is 7.19. The van der Waals surface area contributed by atoms with Crippen LogP contribution in [0.1, 0.15) is 0 Å². The van der Waals surface area contributed by atoms with E-state index in [2.05, 4.69) is 102 Å². The van der Waals surface area contributed by atoms with Gasteiger partial charge in [0, 0.05) is 43.8 Å². The molecular weight excluding hydrogens is 613 g/mol. The Morgan fingerprint density at radius 3 is 1.62 bits per heavy atom. The highest BCUT2D eigenvalue weighted by atomic mass is 16.3. The van der Waals surface area contributed by atoms with Crippen molar-refractivity contribution in [3.8, 4) is 51.0 Å². The number of aromatic nitrogens is 4. The first-order chi connectivity index (χ1) is 24.8. The van der Waals surface area contributed by atoms with Gasteiger partial charge in [-0.05, 0) is 48.0 Å². The smallest absolute Gasteiger partial charge is 0.164 e. The first kappa shape index (κ1) is 28.2. The summed E-state index contributed by atoms with van der Waals surface area (Å²) < 4.78 is 8.72. The van der Waals surface area contributed by atoms with Crippen molar-refractivity contribution >= 4 is 43.7 Å². The SMILES string of the molecule is c1ccc(-c2nc(-c3ccccc3)nc(-c3ccc(-n4c5ccccc5c5c6c(ccc54)oc4ccccc46)c(-c4ccccc4)c3)n2)cc1. The van der Waals surface area contributed by atoms with Gasteiger partial charge in [-0.2, -0.15) is 0 Å². The lowest BCUT2D eigenvalue weighted by atomic mass is 10.00. The molecule has 234 valence electrons. The lowest BCUT2D eigenvalue weighted by molar-refractivity contribution is 0.669. The van der Waals surface area contributed by atoms with Gasteiger partial charge < -0.3 is 8.98 Å². The van der Waals surface area contributed by atoms with Crippen molar-refractivity contribution in [2.24, 2.45) is 0 Å². The zero-order valence-electron chi connectivity index (χ0n) is 26.9. The number of hydrogen-bond acceptors (Lipinski definition) is 4. The Kier molecular flexibility index (Phi) is 6.42. The average molecular weight is 641 g/mol. The van der Waals surface area contributed by atoms with Gasteiger partial charge in [0.25, 0.3) is 0 Å². The number of hydrogen-bond donors (Lipinski definition) is 0. The topological polar surface area (TPSA) is 56.7 Å². The molecule has 50 heavy (non-hydrogen) atoms. The van der Waals surface area contributed by atoms with E-state index in [1.807, 2.05) is 72.8 Å². The first-order valence-corrected chi connectivity index (χ1v) is 16.7. The standard InChI is InChI=1S/C45H28N4O/c1-4-14-29(15-5-1)35-28-32(45-47-43(30-16-6-2-7-17-30)46-44(48-45)31-18-8-3-9-19-31)24-25-37(35)49-36-22-12-10-20-33(36)41-38(49)26-27-40-42(41)34-21-11-13-23-39(34)50-40/h1-28H. The van der Waals surface area contributed by atoms with Gasteiger partial charge in [0.1, 0.15) is 11.2 Å². The summed E-state index contributed by atoms with van der Waals surface area (Å²) in [5.74, 6) is 1.90. The van der Waals surface area contributed by atoms with Crippen LogP contribution in [0.25, 0.3) is 94.7 Å². The van der Waals surface area contributed by atoms with Crippen molar-refractivity contribution in [2.75, 3.05) is 0 Å². The Labute approximate surface area is 287 Å². The van der Waals surface area contributed by atoms with E-state index in [1.54, 1.807) is 0 Å². The fourth-order valence-corrected chi connectivity index (χ4v) is 7.19. The summed E-state index contributed by atoms with van der Waals surface area (Å²) >= 11 is 0. The predicted molar refractivity (Wildman–Crippen MR) is 203 cm³/mol. The third-order valence-corrected chi connectivity index (χ3v) is 9.46. The van der Waals surface area contributed by atoms with Crippen molar-refractivity contribution < 1.29 is 4.42 Å². The van der Waals surface area contributed by atoms with Crippen LogP contribution < -0.4 is 0 Å². The number of benzene rings is 7. The Morgan fingerprint density at radius 1 is 0.380 bits per heavy atom. The maximum Gasteiger partial charge on any atom is 0.164 e. The Bertz CT molecular complexity index is 2800. The number of para-hydroxylation sites is 2. The minimum Gasteiger partial charge on any atom is -0.456 e. The molecule has 0 radical (unpaired) electrons. The van der Waals surface area contributed by atoms with Crippen LogP contribution in [0, 0.1) is 0 Å². The van der Waals surface area contributed by atoms with E-state index in [0.717, 1.165) is 66.5 Å². The van der Waals surface area contributed by atoms with Gasteiger partial charge in [0.15, 0.2) is 17.5 Å². The third-order valence-electron chi connectivity index (χ3n) is 9.46. The molecular formula is C45H28N4O. The summed E-state index contributed by atoms with van der Waals surface area (Å²) in [6.45, 7) is 0. The van der Waals surface area contributed by atoms with Gasteiger partial charge in [0.2, 0.25) is 0 Å². The molecule has 0 aliphatic rings. The van der Waals surface area contributed by atoms with Gasteiger partial charge in [0.05, 0.1) is 16.7 Å². The molecule has 7 aromatic carbocycles. The minimum absolute atomic E-state index is 0.621. The highest BCUT2D eigenvalue weighted by Gasteiger charge is 2.21. The van der Waals surface area contributed by atoms with Crippen LogP contribution >= 0.6 is 0 Å². The average Bonchev–Trinajstić information content (AvgIpc) is 3.74. The molecule has 5 heteroatoms. The largest absolute Gasteiger partial charge is 0.456 e. The maximum atomic E-state index is 6.34. The molecule has 0 N–H and O–H groups in total. The molecule has 0 bridgehead atoms. The van der Waals surface area contributed by atoms with Crippen molar-refractivity contribution in [2.45, 2.75) is 0 Å². The number of fused-ring (bicyclic) bond motifs is 7. The minimum atomic E-state index is 0.621. The summed E-state index contributed by atoms with van der Waals surface area (Å²) in [6, 6.07) is 58.5. The summed E-state index contributed by atoms with van der Waals surface area (Å²) in [7, 11) is 0. The molecule has 0 atom stereocenters. The molecule has 10 rings (SSSR count). The highest BCUT2D eigenvalue weighted by Crippen LogP contribution is 2.43. The van der Waals surface area contributed by atoms with Crippen LogP contribution in [-0.2, 0) is 0 Å². The third kappa shape index (κ3) is 4.52. The monoisotopic (exact) mass is 640 g/mol. The zero-order valence-corrected chi connectivity index (χ0v) is 26.9. The lowest BCUT2D eigenvalue weighted by Gasteiger charge is -2.16. The molecule has 0 saturated carbocycles. The van der Waals surface area contributed by atoms with Crippen LogP contribution in [-0.4, -0.2) is 19.5 Å². The molecule has 10 aromatic rings. The van der Waals surface area contributed by atoms with E-state index >= 15 is 0 Å². The molecule has 0 spiro atoms. The number of nitrogens with zero attached hydrogens (tertiary/aromatic N) is 4. The van der Waals surface area contributed by atoms with Crippen LogP contribution in [0.3, 0.4) is 0 Å². The molecule has 0 fully saturated rings. The molecule has 5 nitrogen and oxygen atoms in total. The summed E-state index contributed by atoms with van der Waals surface area (Å²) in [5.41, 5.74) is 10.1. The van der Waals surface area contributed by atoms with Gasteiger partial charge in [-0.1, -0.05) is 127 Å². The van der Waals surface area contributed by atoms with Crippen molar-refractivity contribution in [3.63, 3.8) is 0 Å². The molecule has 0 aliphatic heterocycles. The predicted octanol–water partition coefficient (Wildman–Crippen LogP) is 11.5. The van der Waals surface area contributed by atoms with E-state index in [4.69, 9.17) is 19.4 Å². The van der Waals surface area contributed by atoms with E-state index < -0.39 is 0 Å². The van der Waals surface area contributed by atoms with E-state index in [0.29, 0.717) is 17.5 Å². The van der Waals surface area contributed by atoms with Gasteiger partial charge >= 0.3 is 0 Å². The fraction of sp³-hybridized carbons (Fsp3) is 0. The van der Waals surface area contributed by atoms with Crippen molar-refractivity contribution in [1.29, 1.82) is 0 Å². The second-order valence-corrected chi connectivity index (χ2v) is 12.4. The quantitative estimate of drug-likeness (QED) is 0.188. The first-order valence-electron chi connectivity index (χ1n) is 16.7. The number of rotatable bonds is 5. The molecule has 3 heterocycles. The Hall–Kier alpha value is -6.85. The molecule has 0 aliphatic carbocycles. The maximum absolute atomic E-state index is 6.34. The summed E-state index contributed by atoms with van der Waals surface area (Å²) in [5, 5.41) is 4.62. The molecule has 0 saturated heterocycles.